The van der Waals surface area contributed by atoms with Gasteiger partial charge in [0.2, 0.25) is 0 Å². The summed E-state index contributed by atoms with van der Waals surface area (Å²) in [6.07, 6.45) is 3.42. The molecule has 0 aliphatic carbocycles. The van der Waals surface area contributed by atoms with Crippen LogP contribution in [0, 0.1) is 23.0 Å². The molecule has 0 aliphatic heterocycles. The standard InChI is InChI=1S/C12H13F2N/c1-2-3-4-5-9-6-7-10(8-15)12(14)11(9)13/h6-7H,2-5H2,1H3. The number of nitriles is 1. The Morgan fingerprint density at radius 2 is 1.93 bits per heavy atom. The molecule has 80 valence electrons. The van der Waals surface area contributed by atoms with Crippen molar-refractivity contribution < 1.29 is 8.78 Å². The van der Waals surface area contributed by atoms with Crippen molar-refractivity contribution in [3.05, 3.63) is 34.9 Å². The van der Waals surface area contributed by atoms with Crippen LogP contribution in [-0.4, -0.2) is 0 Å². The average molecular weight is 209 g/mol. The third-order valence-corrected chi connectivity index (χ3v) is 2.33. The van der Waals surface area contributed by atoms with Crippen molar-refractivity contribution in [2.45, 2.75) is 32.6 Å². The summed E-state index contributed by atoms with van der Waals surface area (Å²) in [4.78, 5) is 0. The summed E-state index contributed by atoms with van der Waals surface area (Å²) in [6, 6.07) is 4.44. The zero-order valence-corrected chi connectivity index (χ0v) is 8.69. The molecule has 1 aromatic carbocycles. The number of hydrogen-bond donors (Lipinski definition) is 0. The van der Waals surface area contributed by atoms with Gasteiger partial charge in [-0.1, -0.05) is 25.8 Å². The number of unbranched alkanes of at least 4 members (excludes halogenated alkanes) is 2. The minimum Gasteiger partial charge on any atom is -0.203 e. The van der Waals surface area contributed by atoms with Crippen molar-refractivity contribution in [2.24, 2.45) is 0 Å². The lowest BCUT2D eigenvalue weighted by atomic mass is 10.0. The number of rotatable bonds is 4. The van der Waals surface area contributed by atoms with Crippen molar-refractivity contribution in [3.8, 4) is 6.07 Å². The maximum absolute atomic E-state index is 13.4. The highest BCUT2D eigenvalue weighted by atomic mass is 19.2. The first-order chi connectivity index (χ1) is 7.20. The summed E-state index contributed by atoms with van der Waals surface area (Å²) >= 11 is 0. The van der Waals surface area contributed by atoms with Gasteiger partial charge in [0.15, 0.2) is 11.6 Å². The quantitative estimate of drug-likeness (QED) is 0.695. The van der Waals surface area contributed by atoms with E-state index >= 15 is 0 Å². The fraction of sp³-hybridized carbons (Fsp3) is 0.417. The number of halogens is 2. The van der Waals surface area contributed by atoms with Crippen molar-refractivity contribution in [1.29, 1.82) is 5.26 Å². The van der Waals surface area contributed by atoms with Gasteiger partial charge in [-0.2, -0.15) is 5.26 Å². The zero-order chi connectivity index (χ0) is 11.3. The van der Waals surface area contributed by atoms with Crippen LogP contribution in [0.25, 0.3) is 0 Å². The second kappa shape index (κ2) is 5.45. The van der Waals surface area contributed by atoms with Crippen LogP contribution in [0.2, 0.25) is 0 Å². The number of aryl methyl sites for hydroxylation is 1. The fourth-order valence-electron chi connectivity index (χ4n) is 1.43. The molecule has 0 bridgehead atoms. The minimum absolute atomic E-state index is 0.230. The van der Waals surface area contributed by atoms with Crippen molar-refractivity contribution in [2.75, 3.05) is 0 Å². The molecule has 0 saturated carbocycles. The van der Waals surface area contributed by atoms with E-state index in [1.165, 1.54) is 12.1 Å². The van der Waals surface area contributed by atoms with Gasteiger partial charge in [-0.15, -0.1) is 0 Å². The highest BCUT2D eigenvalue weighted by molar-refractivity contribution is 5.34. The van der Waals surface area contributed by atoms with Gasteiger partial charge in [0.1, 0.15) is 6.07 Å². The second-order valence-corrected chi connectivity index (χ2v) is 3.47. The lowest BCUT2D eigenvalue weighted by Gasteiger charge is -2.04. The van der Waals surface area contributed by atoms with Gasteiger partial charge in [0, 0.05) is 0 Å². The SMILES string of the molecule is CCCCCc1ccc(C#N)c(F)c1F. The lowest BCUT2D eigenvalue weighted by molar-refractivity contribution is 0.494. The van der Waals surface area contributed by atoms with Gasteiger partial charge in [-0.25, -0.2) is 8.78 Å². The van der Waals surface area contributed by atoms with Gasteiger partial charge < -0.3 is 0 Å². The highest BCUT2D eigenvalue weighted by Crippen LogP contribution is 2.17. The van der Waals surface area contributed by atoms with Crippen molar-refractivity contribution in [3.63, 3.8) is 0 Å². The van der Waals surface area contributed by atoms with Crippen LogP contribution in [0.15, 0.2) is 12.1 Å². The molecule has 0 amide bonds. The summed E-state index contributed by atoms with van der Waals surface area (Å²) in [7, 11) is 0. The van der Waals surface area contributed by atoms with Crippen LogP contribution >= 0.6 is 0 Å². The largest absolute Gasteiger partial charge is 0.203 e. The van der Waals surface area contributed by atoms with Crippen molar-refractivity contribution >= 4 is 0 Å². The average Bonchev–Trinajstić information content (AvgIpc) is 2.25. The number of benzene rings is 1. The van der Waals surface area contributed by atoms with E-state index in [0.29, 0.717) is 12.0 Å². The summed E-state index contributed by atoms with van der Waals surface area (Å²) in [6.45, 7) is 2.05. The van der Waals surface area contributed by atoms with Crippen LogP contribution in [0.1, 0.15) is 37.3 Å². The molecule has 3 heteroatoms. The van der Waals surface area contributed by atoms with Gasteiger partial charge in [0.25, 0.3) is 0 Å². The van der Waals surface area contributed by atoms with E-state index in [9.17, 15) is 8.78 Å². The molecule has 0 unspecified atom stereocenters. The molecule has 1 rings (SSSR count). The first-order valence-electron chi connectivity index (χ1n) is 5.07. The molecule has 0 radical (unpaired) electrons. The van der Waals surface area contributed by atoms with Gasteiger partial charge >= 0.3 is 0 Å². The Balaban J connectivity index is 2.83. The predicted octanol–water partition coefficient (Wildman–Crippen LogP) is 3.57. The number of nitrogens with zero attached hydrogens (tertiary/aromatic N) is 1. The van der Waals surface area contributed by atoms with E-state index in [-0.39, 0.29) is 5.56 Å². The maximum atomic E-state index is 13.4. The van der Waals surface area contributed by atoms with E-state index in [0.717, 1.165) is 19.3 Å². The highest BCUT2D eigenvalue weighted by Gasteiger charge is 2.12. The molecule has 1 nitrogen and oxygen atoms in total. The normalized spacial score (nSPS) is 10.0. The fourth-order valence-corrected chi connectivity index (χ4v) is 1.43. The van der Waals surface area contributed by atoms with Crippen LogP contribution < -0.4 is 0 Å². The third kappa shape index (κ3) is 2.76. The monoisotopic (exact) mass is 209 g/mol. The molecule has 0 aromatic heterocycles. The Labute approximate surface area is 88.3 Å². The number of hydrogen-bond acceptors (Lipinski definition) is 1. The molecule has 0 heterocycles. The molecular weight excluding hydrogens is 196 g/mol. The van der Waals surface area contributed by atoms with Crippen LogP contribution in [-0.2, 0) is 6.42 Å². The van der Waals surface area contributed by atoms with E-state index in [2.05, 4.69) is 6.92 Å². The van der Waals surface area contributed by atoms with Gasteiger partial charge in [-0.05, 0) is 24.5 Å². The summed E-state index contributed by atoms with van der Waals surface area (Å²) in [5.74, 6) is -1.89. The zero-order valence-electron chi connectivity index (χ0n) is 8.69. The maximum Gasteiger partial charge on any atom is 0.176 e. The first kappa shape index (κ1) is 11.6. The Hall–Kier alpha value is -1.43. The van der Waals surface area contributed by atoms with Crippen LogP contribution in [0.3, 0.4) is 0 Å². The smallest absolute Gasteiger partial charge is 0.176 e. The topological polar surface area (TPSA) is 23.8 Å². The summed E-state index contributed by atoms with van der Waals surface area (Å²) < 4.78 is 26.5. The predicted molar refractivity (Wildman–Crippen MR) is 54.3 cm³/mol. The summed E-state index contributed by atoms with van der Waals surface area (Å²) in [5, 5.41) is 8.49. The molecular formula is C12H13F2N. The van der Waals surface area contributed by atoms with Gasteiger partial charge in [-0.3, -0.25) is 0 Å². The molecule has 0 fully saturated rings. The Morgan fingerprint density at radius 1 is 1.20 bits per heavy atom. The Morgan fingerprint density at radius 3 is 2.53 bits per heavy atom. The Kier molecular flexibility index (Phi) is 4.23. The third-order valence-electron chi connectivity index (χ3n) is 2.33. The first-order valence-corrected chi connectivity index (χ1v) is 5.07. The van der Waals surface area contributed by atoms with E-state index in [1.54, 1.807) is 6.07 Å². The second-order valence-electron chi connectivity index (χ2n) is 3.47. The van der Waals surface area contributed by atoms with E-state index < -0.39 is 11.6 Å². The minimum atomic E-state index is -1.02. The molecule has 0 N–H and O–H groups in total. The Bertz CT molecular complexity index is 380. The van der Waals surface area contributed by atoms with Crippen molar-refractivity contribution in [1.82, 2.24) is 0 Å². The summed E-state index contributed by atoms with van der Waals surface area (Å²) in [5.41, 5.74) is 0.131. The molecule has 0 aliphatic rings. The van der Waals surface area contributed by atoms with Crippen LogP contribution in [0.4, 0.5) is 8.78 Å². The lowest BCUT2D eigenvalue weighted by Crippen LogP contribution is -1.97. The van der Waals surface area contributed by atoms with E-state index in [4.69, 9.17) is 5.26 Å². The molecule has 0 saturated heterocycles. The van der Waals surface area contributed by atoms with Gasteiger partial charge in [0.05, 0.1) is 5.56 Å². The molecule has 0 spiro atoms. The molecule has 15 heavy (non-hydrogen) atoms. The molecule has 0 atom stereocenters. The van der Waals surface area contributed by atoms with E-state index in [1.807, 2.05) is 0 Å². The molecule has 1 aromatic rings. The van der Waals surface area contributed by atoms with Crippen LogP contribution in [0.5, 0.6) is 0 Å².